The van der Waals surface area contributed by atoms with Crippen LogP contribution in [0.4, 0.5) is 0 Å². The largest absolute Gasteiger partial charge is 0.382 e. The molecule has 5 nitrogen and oxygen atoms in total. The zero-order valence-corrected chi connectivity index (χ0v) is 14.3. The number of likely N-dealkylation sites (tertiary alicyclic amines) is 1. The number of nitrogens with zero attached hydrogens (tertiary/aromatic N) is 1. The quantitative estimate of drug-likeness (QED) is 0.600. The summed E-state index contributed by atoms with van der Waals surface area (Å²) in [5.74, 6) is -0.621. The first kappa shape index (κ1) is 17.3. The number of carbonyl (C=O) groups excluding carboxylic acids is 2. The lowest BCUT2D eigenvalue weighted by atomic mass is 9.89. The molecular formula is C20H21NO4. The predicted octanol–water partition coefficient (Wildman–Crippen LogP) is 2.83. The minimum absolute atomic E-state index is 0.237. The Morgan fingerprint density at radius 3 is 2.28 bits per heavy atom. The molecule has 2 amide bonds. The molecule has 3 atom stereocenters. The first-order valence-electron chi connectivity index (χ1n) is 8.25. The van der Waals surface area contributed by atoms with Gasteiger partial charge in [-0.25, -0.2) is 0 Å². The van der Waals surface area contributed by atoms with Crippen LogP contribution in [0.2, 0.25) is 0 Å². The van der Waals surface area contributed by atoms with Gasteiger partial charge in [-0.1, -0.05) is 48.5 Å². The molecule has 2 aromatic carbocycles. The van der Waals surface area contributed by atoms with Crippen LogP contribution in [0.3, 0.4) is 0 Å². The number of carbonyl (C=O) groups is 2. The van der Waals surface area contributed by atoms with Crippen molar-refractivity contribution >= 4 is 11.8 Å². The Kier molecular flexibility index (Phi) is 5.26. The van der Waals surface area contributed by atoms with E-state index in [1.165, 1.54) is 4.90 Å². The van der Waals surface area contributed by atoms with Crippen LogP contribution in [0.5, 0.6) is 0 Å². The molecule has 1 aliphatic heterocycles. The molecule has 1 heterocycles. The number of benzene rings is 2. The van der Waals surface area contributed by atoms with Gasteiger partial charge in [0.15, 0.2) is 6.10 Å². The van der Waals surface area contributed by atoms with Crippen LogP contribution in [-0.4, -0.2) is 42.6 Å². The van der Waals surface area contributed by atoms with E-state index in [4.69, 9.17) is 9.47 Å². The van der Waals surface area contributed by atoms with Crippen molar-refractivity contribution in [2.24, 2.45) is 0 Å². The Morgan fingerprint density at radius 2 is 1.68 bits per heavy atom. The summed E-state index contributed by atoms with van der Waals surface area (Å²) >= 11 is 0. The summed E-state index contributed by atoms with van der Waals surface area (Å²) in [5.41, 5.74) is 1.36. The Bertz CT molecular complexity index is 732. The van der Waals surface area contributed by atoms with Crippen LogP contribution in [-0.2, 0) is 14.3 Å². The lowest BCUT2D eigenvalue weighted by Crippen LogP contribution is -2.62. The zero-order chi connectivity index (χ0) is 17.8. The fourth-order valence-corrected chi connectivity index (χ4v) is 3.04. The number of amides is 2. The summed E-state index contributed by atoms with van der Waals surface area (Å²) in [7, 11) is 1.59. The Balaban J connectivity index is 1.87. The molecule has 1 saturated heterocycles. The zero-order valence-electron chi connectivity index (χ0n) is 14.3. The smallest absolute Gasteiger partial charge is 0.261 e. The van der Waals surface area contributed by atoms with Crippen molar-refractivity contribution in [3.8, 4) is 0 Å². The molecule has 0 aliphatic carbocycles. The monoisotopic (exact) mass is 339 g/mol. The van der Waals surface area contributed by atoms with Crippen LogP contribution in [0.15, 0.2) is 60.7 Å². The molecule has 3 rings (SSSR count). The molecule has 5 heteroatoms. The molecule has 0 radical (unpaired) electrons. The van der Waals surface area contributed by atoms with Gasteiger partial charge in [-0.2, -0.15) is 0 Å². The summed E-state index contributed by atoms with van der Waals surface area (Å²) in [5, 5.41) is 0. The van der Waals surface area contributed by atoms with Crippen molar-refractivity contribution in [2.75, 3.05) is 13.7 Å². The fraction of sp³-hybridized carbons (Fsp3) is 0.300. The van der Waals surface area contributed by atoms with Crippen LogP contribution < -0.4 is 0 Å². The van der Waals surface area contributed by atoms with Gasteiger partial charge >= 0.3 is 0 Å². The van der Waals surface area contributed by atoms with Crippen LogP contribution in [0.25, 0.3) is 0 Å². The Morgan fingerprint density at radius 1 is 1.08 bits per heavy atom. The highest BCUT2D eigenvalue weighted by Crippen LogP contribution is 2.38. The van der Waals surface area contributed by atoms with Gasteiger partial charge in [0, 0.05) is 12.7 Å². The molecule has 0 aromatic heterocycles. The second kappa shape index (κ2) is 7.59. The first-order valence-corrected chi connectivity index (χ1v) is 8.25. The SMILES string of the molecule is COCC(C)OC1C(=O)N(C(=O)c2ccccc2)C1c1ccccc1. The van der Waals surface area contributed by atoms with Crippen LogP contribution >= 0.6 is 0 Å². The van der Waals surface area contributed by atoms with Gasteiger partial charge in [0.2, 0.25) is 0 Å². The summed E-state index contributed by atoms with van der Waals surface area (Å²) in [6, 6.07) is 17.9. The minimum Gasteiger partial charge on any atom is -0.382 e. The van der Waals surface area contributed by atoms with Gasteiger partial charge in [0.25, 0.3) is 11.8 Å². The number of rotatable bonds is 6. The van der Waals surface area contributed by atoms with Crippen molar-refractivity contribution in [1.29, 1.82) is 0 Å². The minimum atomic E-state index is -0.680. The number of hydrogen-bond donors (Lipinski definition) is 0. The van der Waals surface area contributed by atoms with Gasteiger partial charge in [0.05, 0.1) is 12.7 Å². The van der Waals surface area contributed by atoms with E-state index in [1.807, 2.05) is 43.3 Å². The van der Waals surface area contributed by atoms with Crippen molar-refractivity contribution in [2.45, 2.75) is 25.2 Å². The third-order valence-corrected chi connectivity index (χ3v) is 4.21. The topological polar surface area (TPSA) is 55.8 Å². The Labute approximate surface area is 147 Å². The average molecular weight is 339 g/mol. The number of ether oxygens (including phenoxy) is 2. The summed E-state index contributed by atoms with van der Waals surface area (Å²) in [4.78, 5) is 26.7. The lowest BCUT2D eigenvalue weighted by Gasteiger charge is -2.46. The average Bonchev–Trinajstić information content (AvgIpc) is 2.65. The predicted molar refractivity (Wildman–Crippen MR) is 93.0 cm³/mol. The Hall–Kier alpha value is -2.50. The highest BCUT2D eigenvalue weighted by Gasteiger charge is 2.53. The van der Waals surface area contributed by atoms with E-state index in [0.29, 0.717) is 12.2 Å². The lowest BCUT2D eigenvalue weighted by molar-refractivity contribution is -0.176. The van der Waals surface area contributed by atoms with E-state index in [-0.39, 0.29) is 17.9 Å². The molecule has 0 N–H and O–H groups in total. The number of β-lactam (4-membered cyclic amide) rings is 1. The van der Waals surface area contributed by atoms with E-state index < -0.39 is 12.1 Å². The molecule has 1 aliphatic rings. The number of methoxy groups -OCH3 is 1. The van der Waals surface area contributed by atoms with E-state index in [9.17, 15) is 9.59 Å². The highest BCUT2D eigenvalue weighted by atomic mass is 16.5. The molecule has 0 saturated carbocycles. The summed E-state index contributed by atoms with van der Waals surface area (Å²) in [6.07, 6.45) is -0.917. The standard InChI is InChI=1S/C20H21NO4/c1-14(13-24-2)25-18-17(15-9-5-3-6-10-15)21(20(18)23)19(22)16-11-7-4-8-12-16/h3-12,14,17-18H,13H2,1-2H3. The van der Waals surface area contributed by atoms with Gasteiger partial charge in [0.1, 0.15) is 6.04 Å². The summed E-state index contributed by atoms with van der Waals surface area (Å²) in [6.45, 7) is 2.23. The first-order chi connectivity index (χ1) is 12.1. The highest BCUT2D eigenvalue weighted by molar-refractivity contribution is 6.10. The van der Waals surface area contributed by atoms with Gasteiger partial charge < -0.3 is 9.47 Å². The van der Waals surface area contributed by atoms with Crippen molar-refractivity contribution in [3.05, 3.63) is 71.8 Å². The third-order valence-electron chi connectivity index (χ3n) is 4.21. The van der Waals surface area contributed by atoms with E-state index in [0.717, 1.165) is 5.56 Å². The summed E-state index contributed by atoms with van der Waals surface area (Å²) < 4.78 is 10.9. The maximum atomic E-state index is 12.8. The van der Waals surface area contributed by atoms with Gasteiger partial charge in [-0.05, 0) is 24.6 Å². The molecule has 2 aromatic rings. The normalized spacial score (nSPS) is 20.9. The van der Waals surface area contributed by atoms with Crippen LogP contribution in [0.1, 0.15) is 28.9 Å². The number of hydrogen-bond acceptors (Lipinski definition) is 4. The van der Waals surface area contributed by atoms with Crippen molar-refractivity contribution < 1.29 is 19.1 Å². The molecule has 3 unspecified atom stereocenters. The van der Waals surface area contributed by atoms with Crippen molar-refractivity contribution in [3.63, 3.8) is 0 Å². The molecule has 0 spiro atoms. The second-order valence-corrected chi connectivity index (χ2v) is 6.06. The third kappa shape index (κ3) is 3.48. The molecule has 130 valence electrons. The molecule has 0 bridgehead atoms. The number of imide groups is 1. The molecule has 1 fully saturated rings. The molecular weight excluding hydrogens is 318 g/mol. The van der Waals surface area contributed by atoms with Crippen molar-refractivity contribution in [1.82, 2.24) is 4.90 Å². The maximum absolute atomic E-state index is 12.8. The second-order valence-electron chi connectivity index (χ2n) is 6.06. The van der Waals surface area contributed by atoms with E-state index in [1.54, 1.807) is 31.4 Å². The molecule has 25 heavy (non-hydrogen) atoms. The maximum Gasteiger partial charge on any atom is 0.261 e. The van der Waals surface area contributed by atoms with E-state index >= 15 is 0 Å². The van der Waals surface area contributed by atoms with Gasteiger partial charge in [-0.3, -0.25) is 14.5 Å². The fourth-order valence-electron chi connectivity index (χ4n) is 3.04. The van der Waals surface area contributed by atoms with E-state index in [2.05, 4.69) is 0 Å². The van der Waals surface area contributed by atoms with Gasteiger partial charge in [-0.15, -0.1) is 0 Å². The van der Waals surface area contributed by atoms with Crippen LogP contribution in [0, 0.1) is 0 Å².